The summed E-state index contributed by atoms with van der Waals surface area (Å²) in [6.45, 7) is 4.92. The molecule has 0 fully saturated rings. The van der Waals surface area contributed by atoms with Gasteiger partial charge in [0.2, 0.25) is 0 Å². The molecule has 1 aromatic carbocycles. The van der Waals surface area contributed by atoms with Gasteiger partial charge in [-0.25, -0.2) is 0 Å². The second-order valence-corrected chi connectivity index (χ2v) is 4.28. The predicted molar refractivity (Wildman–Crippen MR) is 72.0 cm³/mol. The van der Waals surface area contributed by atoms with E-state index >= 15 is 0 Å². The number of methoxy groups -OCH3 is 1. The van der Waals surface area contributed by atoms with Crippen LogP contribution in [0.1, 0.15) is 12.0 Å². The first kappa shape index (κ1) is 14.3. The molecule has 0 unspecified atom stereocenters. The molecule has 0 spiro atoms. The summed E-state index contributed by atoms with van der Waals surface area (Å²) in [7, 11) is 1.67. The first-order valence-electron chi connectivity index (χ1n) is 5.80. The van der Waals surface area contributed by atoms with E-state index in [4.69, 9.17) is 21.1 Å². The lowest BCUT2D eigenvalue weighted by Gasteiger charge is -2.09. The van der Waals surface area contributed by atoms with Crippen LogP contribution < -0.4 is 5.32 Å². The van der Waals surface area contributed by atoms with Gasteiger partial charge >= 0.3 is 0 Å². The molecule has 17 heavy (non-hydrogen) atoms. The zero-order chi connectivity index (χ0) is 12.5. The van der Waals surface area contributed by atoms with Crippen LogP contribution in [0.4, 0.5) is 5.69 Å². The Balaban J connectivity index is 2.14. The standard InChI is InChI=1S/C13H20ClNO2/c1-11-4-5-13(12(14)10-11)15-6-3-7-17-9-8-16-2/h4-5,10,15H,3,6-9H2,1-2H3. The van der Waals surface area contributed by atoms with Gasteiger partial charge in [-0.1, -0.05) is 17.7 Å². The average molecular weight is 258 g/mol. The fraction of sp³-hybridized carbons (Fsp3) is 0.538. The maximum absolute atomic E-state index is 6.10. The molecule has 0 amide bonds. The van der Waals surface area contributed by atoms with Crippen molar-refractivity contribution >= 4 is 17.3 Å². The number of hydrogen-bond donors (Lipinski definition) is 1. The van der Waals surface area contributed by atoms with Crippen LogP contribution in [0.15, 0.2) is 18.2 Å². The van der Waals surface area contributed by atoms with Crippen molar-refractivity contribution in [2.24, 2.45) is 0 Å². The number of aryl methyl sites for hydroxylation is 1. The van der Waals surface area contributed by atoms with Crippen molar-refractivity contribution in [1.29, 1.82) is 0 Å². The highest BCUT2D eigenvalue weighted by atomic mass is 35.5. The maximum atomic E-state index is 6.10. The summed E-state index contributed by atoms with van der Waals surface area (Å²) >= 11 is 6.10. The summed E-state index contributed by atoms with van der Waals surface area (Å²) in [6.07, 6.45) is 0.952. The van der Waals surface area contributed by atoms with Gasteiger partial charge in [-0.15, -0.1) is 0 Å². The molecule has 1 rings (SSSR count). The molecule has 0 saturated carbocycles. The van der Waals surface area contributed by atoms with Crippen LogP contribution in [-0.2, 0) is 9.47 Å². The maximum Gasteiger partial charge on any atom is 0.0700 e. The first-order chi connectivity index (χ1) is 8.24. The molecule has 0 atom stereocenters. The normalized spacial score (nSPS) is 10.5. The number of hydrogen-bond acceptors (Lipinski definition) is 3. The molecule has 0 aliphatic heterocycles. The molecule has 0 radical (unpaired) electrons. The Bertz CT molecular complexity index is 331. The molecule has 0 saturated heterocycles. The summed E-state index contributed by atoms with van der Waals surface area (Å²) in [5.41, 5.74) is 2.15. The zero-order valence-corrected chi connectivity index (χ0v) is 11.2. The van der Waals surface area contributed by atoms with Gasteiger partial charge in [0.1, 0.15) is 0 Å². The van der Waals surface area contributed by atoms with Crippen LogP contribution in [-0.4, -0.2) is 33.5 Å². The van der Waals surface area contributed by atoms with E-state index in [1.54, 1.807) is 7.11 Å². The van der Waals surface area contributed by atoms with E-state index in [1.807, 2.05) is 25.1 Å². The lowest BCUT2D eigenvalue weighted by atomic mass is 10.2. The average Bonchev–Trinajstić information content (AvgIpc) is 2.30. The van der Waals surface area contributed by atoms with Crippen molar-refractivity contribution in [2.75, 3.05) is 38.8 Å². The Morgan fingerprint density at radius 1 is 1.24 bits per heavy atom. The summed E-state index contributed by atoms with van der Waals surface area (Å²) in [5.74, 6) is 0. The third-order valence-electron chi connectivity index (χ3n) is 2.34. The lowest BCUT2D eigenvalue weighted by Crippen LogP contribution is -2.08. The minimum absolute atomic E-state index is 0.650. The van der Waals surface area contributed by atoms with E-state index in [1.165, 1.54) is 5.56 Å². The van der Waals surface area contributed by atoms with Crippen LogP contribution >= 0.6 is 11.6 Å². The number of halogens is 1. The summed E-state index contributed by atoms with van der Waals surface area (Å²) in [5, 5.41) is 4.06. The highest BCUT2D eigenvalue weighted by molar-refractivity contribution is 6.33. The molecule has 3 nitrogen and oxygen atoms in total. The fourth-order valence-electron chi connectivity index (χ4n) is 1.41. The largest absolute Gasteiger partial charge is 0.384 e. The van der Waals surface area contributed by atoms with Crippen molar-refractivity contribution in [2.45, 2.75) is 13.3 Å². The number of benzene rings is 1. The second kappa shape index (κ2) is 8.34. The van der Waals surface area contributed by atoms with E-state index in [2.05, 4.69) is 5.32 Å². The summed E-state index contributed by atoms with van der Waals surface area (Å²) < 4.78 is 10.2. The first-order valence-corrected chi connectivity index (χ1v) is 6.18. The molecule has 0 aliphatic carbocycles. The number of anilines is 1. The van der Waals surface area contributed by atoms with E-state index in [-0.39, 0.29) is 0 Å². The highest BCUT2D eigenvalue weighted by Gasteiger charge is 1.98. The van der Waals surface area contributed by atoms with Crippen molar-refractivity contribution in [1.82, 2.24) is 0 Å². The Labute approximate surface area is 108 Å². The van der Waals surface area contributed by atoms with Crippen LogP contribution in [0.5, 0.6) is 0 Å². The van der Waals surface area contributed by atoms with Gasteiger partial charge < -0.3 is 14.8 Å². The van der Waals surface area contributed by atoms with Gasteiger partial charge in [0.05, 0.1) is 23.9 Å². The van der Waals surface area contributed by atoms with E-state index < -0.39 is 0 Å². The number of rotatable bonds is 8. The molecule has 0 aromatic heterocycles. The molecule has 1 N–H and O–H groups in total. The third-order valence-corrected chi connectivity index (χ3v) is 2.65. The second-order valence-electron chi connectivity index (χ2n) is 3.87. The van der Waals surface area contributed by atoms with E-state index in [9.17, 15) is 0 Å². The SMILES string of the molecule is COCCOCCCNc1ccc(C)cc1Cl. The van der Waals surface area contributed by atoms with Crippen molar-refractivity contribution in [3.05, 3.63) is 28.8 Å². The Hall–Kier alpha value is -0.770. The highest BCUT2D eigenvalue weighted by Crippen LogP contribution is 2.22. The zero-order valence-electron chi connectivity index (χ0n) is 10.5. The predicted octanol–water partition coefficient (Wildman–Crippen LogP) is 3.11. The van der Waals surface area contributed by atoms with Crippen LogP contribution in [0, 0.1) is 6.92 Å². The van der Waals surface area contributed by atoms with Gasteiger partial charge in [0, 0.05) is 20.3 Å². The van der Waals surface area contributed by atoms with Crippen LogP contribution in [0.25, 0.3) is 0 Å². The molecular weight excluding hydrogens is 238 g/mol. The van der Waals surface area contributed by atoms with Crippen molar-refractivity contribution in [3.63, 3.8) is 0 Å². The monoisotopic (exact) mass is 257 g/mol. The quantitative estimate of drug-likeness (QED) is 0.726. The fourth-order valence-corrected chi connectivity index (χ4v) is 1.71. The molecule has 1 aromatic rings. The summed E-state index contributed by atoms with van der Waals surface area (Å²) in [4.78, 5) is 0. The van der Waals surface area contributed by atoms with Gasteiger partial charge in [0.25, 0.3) is 0 Å². The summed E-state index contributed by atoms with van der Waals surface area (Å²) in [6, 6.07) is 6.01. The van der Waals surface area contributed by atoms with Crippen LogP contribution in [0.3, 0.4) is 0 Å². The van der Waals surface area contributed by atoms with Crippen molar-refractivity contribution < 1.29 is 9.47 Å². The van der Waals surface area contributed by atoms with Gasteiger partial charge in [0.15, 0.2) is 0 Å². The van der Waals surface area contributed by atoms with Gasteiger partial charge in [-0.05, 0) is 31.0 Å². The molecule has 0 bridgehead atoms. The van der Waals surface area contributed by atoms with Crippen LogP contribution in [0.2, 0.25) is 5.02 Å². The third kappa shape index (κ3) is 5.91. The lowest BCUT2D eigenvalue weighted by molar-refractivity contribution is 0.0705. The Morgan fingerprint density at radius 3 is 2.76 bits per heavy atom. The van der Waals surface area contributed by atoms with Gasteiger partial charge in [-0.3, -0.25) is 0 Å². The molecule has 96 valence electrons. The van der Waals surface area contributed by atoms with Crippen molar-refractivity contribution in [3.8, 4) is 0 Å². The smallest absolute Gasteiger partial charge is 0.0700 e. The molecular formula is C13H20ClNO2. The molecule has 0 heterocycles. The van der Waals surface area contributed by atoms with Gasteiger partial charge in [-0.2, -0.15) is 0 Å². The minimum Gasteiger partial charge on any atom is -0.384 e. The Kier molecular flexibility index (Phi) is 7.01. The molecule has 0 aliphatic rings. The minimum atomic E-state index is 0.650. The van der Waals surface area contributed by atoms with E-state index in [0.717, 1.165) is 30.3 Å². The number of ether oxygens (including phenoxy) is 2. The van der Waals surface area contributed by atoms with E-state index in [0.29, 0.717) is 13.2 Å². The topological polar surface area (TPSA) is 30.5 Å². The Morgan fingerprint density at radius 2 is 2.06 bits per heavy atom. The molecule has 4 heteroatoms. The number of nitrogens with one attached hydrogen (secondary N) is 1.